The fourth-order valence-corrected chi connectivity index (χ4v) is 3.03. The number of hydrogen-bond acceptors (Lipinski definition) is 4. The minimum atomic E-state index is -0.565. The van der Waals surface area contributed by atoms with Gasteiger partial charge in [-0.2, -0.15) is 0 Å². The fourth-order valence-electron chi connectivity index (χ4n) is 3.03. The average molecular weight is 363 g/mol. The molecule has 2 N–H and O–H groups in total. The quantitative estimate of drug-likeness (QED) is 0.771. The Hall–Kier alpha value is -3.48. The summed E-state index contributed by atoms with van der Waals surface area (Å²) in [6, 6.07) is 6.44. The van der Waals surface area contributed by atoms with Crippen LogP contribution in [0.4, 0.5) is 4.79 Å². The van der Waals surface area contributed by atoms with Gasteiger partial charge >= 0.3 is 6.03 Å². The first kappa shape index (κ1) is 18.3. The smallest absolute Gasteiger partial charge is 0.319 e. The average Bonchev–Trinajstić information content (AvgIpc) is 2.68. The van der Waals surface area contributed by atoms with Crippen molar-refractivity contribution in [3.63, 3.8) is 0 Å². The summed E-state index contributed by atoms with van der Waals surface area (Å²) in [6.45, 7) is 6.29. The molecule has 0 bridgehead atoms. The lowest BCUT2D eigenvalue weighted by molar-refractivity contribution is -0.127. The molecular weight excluding hydrogens is 342 g/mol. The van der Waals surface area contributed by atoms with E-state index in [0.717, 1.165) is 11.1 Å². The highest BCUT2D eigenvalue weighted by Gasteiger charge is 2.33. The Morgan fingerprint density at radius 3 is 2.70 bits per heavy atom. The van der Waals surface area contributed by atoms with Gasteiger partial charge in [-0.1, -0.05) is 12.1 Å². The zero-order valence-corrected chi connectivity index (χ0v) is 15.1. The monoisotopic (exact) mass is 363 g/mol. The topological polar surface area (TPSA) is 87.2 Å². The van der Waals surface area contributed by atoms with Crippen molar-refractivity contribution in [2.45, 2.75) is 19.5 Å². The van der Waals surface area contributed by atoms with E-state index in [0.29, 0.717) is 24.4 Å². The first-order valence-corrected chi connectivity index (χ1v) is 8.57. The van der Waals surface area contributed by atoms with Gasteiger partial charge in [0.25, 0.3) is 5.91 Å². The van der Waals surface area contributed by atoms with E-state index in [-0.39, 0.29) is 11.9 Å². The second-order valence-electron chi connectivity index (χ2n) is 6.19. The summed E-state index contributed by atoms with van der Waals surface area (Å²) in [5.74, 6) is -0.175. The zero-order valence-electron chi connectivity index (χ0n) is 15.1. The molecule has 0 radical (unpaired) electrons. The lowest BCUT2D eigenvalue weighted by Crippen LogP contribution is -2.47. The predicted octanol–water partition coefficient (Wildman–Crippen LogP) is 2.32. The highest BCUT2D eigenvalue weighted by molar-refractivity contribution is 5.98. The van der Waals surface area contributed by atoms with E-state index in [1.165, 1.54) is 0 Å². The Morgan fingerprint density at radius 1 is 1.26 bits per heavy atom. The molecule has 0 aromatic carbocycles. The van der Waals surface area contributed by atoms with Gasteiger partial charge in [0.15, 0.2) is 0 Å². The third-order valence-electron chi connectivity index (χ3n) is 4.28. The van der Waals surface area contributed by atoms with E-state index in [1.807, 2.05) is 18.2 Å². The first-order valence-electron chi connectivity index (χ1n) is 8.57. The SMILES string of the molecule is C=CCN(Cc1ccncc1)C(=O)C1=C(C)NC(=O)N[C@H]1c1cccnc1. The number of amides is 3. The number of nitrogens with zero attached hydrogens (tertiary/aromatic N) is 3. The molecule has 0 unspecified atom stereocenters. The number of rotatable bonds is 6. The van der Waals surface area contributed by atoms with Crippen LogP contribution in [0, 0.1) is 0 Å². The van der Waals surface area contributed by atoms with Crippen molar-refractivity contribution < 1.29 is 9.59 Å². The Balaban J connectivity index is 1.95. The zero-order chi connectivity index (χ0) is 19.2. The second kappa shape index (κ2) is 8.27. The summed E-state index contributed by atoms with van der Waals surface area (Å²) >= 11 is 0. The van der Waals surface area contributed by atoms with Gasteiger partial charge in [-0.05, 0) is 36.2 Å². The maximum absolute atomic E-state index is 13.4. The van der Waals surface area contributed by atoms with Crippen molar-refractivity contribution in [3.05, 3.63) is 84.1 Å². The molecule has 0 saturated carbocycles. The van der Waals surface area contributed by atoms with Gasteiger partial charge in [-0.15, -0.1) is 6.58 Å². The van der Waals surface area contributed by atoms with Crippen LogP contribution in [-0.2, 0) is 11.3 Å². The summed E-state index contributed by atoms with van der Waals surface area (Å²) in [5, 5.41) is 5.52. The molecule has 3 heterocycles. The van der Waals surface area contributed by atoms with E-state index >= 15 is 0 Å². The highest BCUT2D eigenvalue weighted by atomic mass is 16.2. The molecule has 7 heteroatoms. The molecule has 27 heavy (non-hydrogen) atoms. The molecule has 2 aromatic rings. The molecule has 7 nitrogen and oxygen atoms in total. The summed E-state index contributed by atoms with van der Waals surface area (Å²) in [7, 11) is 0. The van der Waals surface area contributed by atoms with Crippen LogP contribution in [0.1, 0.15) is 24.1 Å². The van der Waals surface area contributed by atoms with Crippen molar-refractivity contribution >= 4 is 11.9 Å². The van der Waals surface area contributed by atoms with Crippen LogP contribution < -0.4 is 10.6 Å². The van der Waals surface area contributed by atoms with E-state index in [1.54, 1.807) is 48.8 Å². The molecule has 0 spiro atoms. The standard InChI is InChI=1S/C20H21N5O2/c1-3-11-25(13-15-6-9-21-10-7-15)19(26)17-14(2)23-20(27)24-18(17)16-5-4-8-22-12-16/h3-10,12,18H,1,11,13H2,2H3,(H2,23,24,27)/t18-/m0/s1. The number of aromatic nitrogens is 2. The minimum absolute atomic E-state index is 0.175. The Morgan fingerprint density at radius 2 is 2.04 bits per heavy atom. The van der Waals surface area contributed by atoms with Crippen molar-refractivity contribution in [3.8, 4) is 0 Å². The van der Waals surface area contributed by atoms with Gasteiger partial charge in [0.05, 0.1) is 11.6 Å². The molecule has 0 saturated heterocycles. The largest absolute Gasteiger partial charge is 0.331 e. The Bertz CT molecular complexity index is 864. The van der Waals surface area contributed by atoms with Crippen molar-refractivity contribution in [1.29, 1.82) is 0 Å². The lowest BCUT2D eigenvalue weighted by atomic mass is 9.95. The van der Waals surface area contributed by atoms with Gasteiger partial charge in [0, 0.05) is 43.6 Å². The summed E-state index contributed by atoms with van der Waals surface area (Å²) in [6.07, 6.45) is 8.37. The normalized spacial score (nSPS) is 16.3. The lowest BCUT2D eigenvalue weighted by Gasteiger charge is -2.32. The molecule has 1 atom stereocenters. The molecule has 2 aromatic heterocycles. The molecule has 1 aliphatic rings. The second-order valence-corrected chi connectivity index (χ2v) is 6.19. The number of allylic oxidation sites excluding steroid dienone is 1. The van der Waals surface area contributed by atoms with Crippen molar-refractivity contribution in [2.75, 3.05) is 6.54 Å². The van der Waals surface area contributed by atoms with Crippen molar-refractivity contribution in [2.24, 2.45) is 0 Å². The number of urea groups is 1. The fraction of sp³-hybridized carbons (Fsp3) is 0.200. The van der Waals surface area contributed by atoms with Gasteiger partial charge < -0.3 is 15.5 Å². The van der Waals surface area contributed by atoms with Gasteiger partial charge in [-0.3, -0.25) is 14.8 Å². The summed E-state index contributed by atoms with van der Waals surface area (Å²) in [4.78, 5) is 35.2. The number of hydrogen-bond donors (Lipinski definition) is 2. The van der Waals surface area contributed by atoms with Gasteiger partial charge in [-0.25, -0.2) is 4.79 Å². The molecule has 0 fully saturated rings. The Kier molecular flexibility index (Phi) is 5.61. The number of carbonyl (C=O) groups is 2. The maximum Gasteiger partial charge on any atom is 0.319 e. The van der Waals surface area contributed by atoms with E-state index in [2.05, 4.69) is 27.2 Å². The Labute approximate surface area is 157 Å². The van der Waals surface area contributed by atoms with E-state index in [4.69, 9.17) is 0 Å². The molecular formula is C20H21N5O2. The molecule has 0 aliphatic carbocycles. The predicted molar refractivity (Wildman–Crippen MR) is 101 cm³/mol. The summed E-state index contributed by atoms with van der Waals surface area (Å²) < 4.78 is 0. The number of carbonyl (C=O) groups excluding carboxylic acids is 2. The molecule has 138 valence electrons. The third kappa shape index (κ3) is 4.20. The van der Waals surface area contributed by atoms with Crippen LogP contribution in [0.15, 0.2) is 73.0 Å². The molecule has 3 amide bonds. The summed E-state index contributed by atoms with van der Waals surface area (Å²) in [5.41, 5.74) is 2.72. The minimum Gasteiger partial charge on any atom is -0.331 e. The first-order chi connectivity index (χ1) is 13.1. The van der Waals surface area contributed by atoms with E-state index < -0.39 is 6.04 Å². The van der Waals surface area contributed by atoms with Crippen molar-refractivity contribution in [1.82, 2.24) is 25.5 Å². The highest BCUT2D eigenvalue weighted by Crippen LogP contribution is 2.28. The van der Waals surface area contributed by atoms with Crippen LogP contribution in [0.3, 0.4) is 0 Å². The van der Waals surface area contributed by atoms with Gasteiger partial charge in [0.1, 0.15) is 0 Å². The van der Waals surface area contributed by atoms with Crippen LogP contribution in [-0.4, -0.2) is 33.4 Å². The molecule has 1 aliphatic heterocycles. The molecule has 3 rings (SSSR count). The number of pyridine rings is 2. The van der Waals surface area contributed by atoms with Gasteiger partial charge in [0.2, 0.25) is 0 Å². The van der Waals surface area contributed by atoms with E-state index in [9.17, 15) is 9.59 Å². The maximum atomic E-state index is 13.4. The van der Waals surface area contributed by atoms with Crippen LogP contribution in [0.25, 0.3) is 0 Å². The number of nitrogens with one attached hydrogen (secondary N) is 2. The van der Waals surface area contributed by atoms with Crippen LogP contribution in [0.5, 0.6) is 0 Å². The van der Waals surface area contributed by atoms with Crippen LogP contribution >= 0.6 is 0 Å². The third-order valence-corrected chi connectivity index (χ3v) is 4.28. The van der Waals surface area contributed by atoms with Crippen LogP contribution in [0.2, 0.25) is 0 Å².